The first-order chi connectivity index (χ1) is 8.65. The van der Waals surface area contributed by atoms with Gasteiger partial charge >= 0.3 is 0 Å². The lowest BCUT2D eigenvalue weighted by atomic mass is 10.2. The van der Waals surface area contributed by atoms with Gasteiger partial charge in [-0.2, -0.15) is 0 Å². The second-order valence-corrected chi connectivity index (χ2v) is 5.26. The molecule has 0 amide bonds. The van der Waals surface area contributed by atoms with Gasteiger partial charge in [-0.1, -0.05) is 29.8 Å². The van der Waals surface area contributed by atoms with Gasteiger partial charge in [-0.3, -0.25) is 9.78 Å². The number of thioether (sulfide) groups is 1. The zero-order valence-corrected chi connectivity index (χ0v) is 11.3. The Labute approximate surface area is 111 Å². The van der Waals surface area contributed by atoms with Gasteiger partial charge < -0.3 is 0 Å². The summed E-state index contributed by atoms with van der Waals surface area (Å²) in [5, 5.41) is 0. The van der Waals surface area contributed by atoms with Crippen LogP contribution in [0.25, 0.3) is 0 Å². The van der Waals surface area contributed by atoms with Gasteiger partial charge in [0.2, 0.25) is 0 Å². The van der Waals surface area contributed by atoms with Gasteiger partial charge in [-0.25, -0.2) is 0 Å². The van der Waals surface area contributed by atoms with Crippen LogP contribution >= 0.6 is 11.8 Å². The van der Waals surface area contributed by atoms with E-state index >= 15 is 0 Å². The van der Waals surface area contributed by atoms with Crippen LogP contribution in [0.2, 0.25) is 0 Å². The molecule has 0 bridgehead atoms. The third kappa shape index (κ3) is 3.44. The predicted molar refractivity (Wildman–Crippen MR) is 75.0 cm³/mol. The van der Waals surface area contributed by atoms with Crippen molar-refractivity contribution in [1.29, 1.82) is 0 Å². The van der Waals surface area contributed by atoms with Crippen molar-refractivity contribution >= 4 is 17.5 Å². The number of Topliss-reactive ketones (excluding diaryl/α,β-unsaturated/α-hetero) is 1. The molecular formula is C15H15NOS. The average Bonchev–Trinajstić information content (AvgIpc) is 2.37. The fraction of sp³-hybridized carbons (Fsp3) is 0.200. The molecule has 0 radical (unpaired) electrons. The molecule has 0 saturated carbocycles. The largest absolute Gasteiger partial charge is 0.293 e. The minimum atomic E-state index is 0.00485. The molecule has 0 unspecified atom stereocenters. The third-order valence-corrected chi connectivity index (χ3v) is 3.64. The maximum Gasteiger partial charge on any atom is 0.178 e. The zero-order valence-electron chi connectivity index (χ0n) is 10.5. The Morgan fingerprint density at radius 3 is 2.72 bits per heavy atom. The number of ketones is 1. The molecule has 2 aromatic rings. The van der Waals surface area contributed by atoms with E-state index in [1.54, 1.807) is 24.0 Å². The first kappa shape index (κ1) is 12.8. The van der Waals surface area contributed by atoms with Gasteiger partial charge in [0.1, 0.15) is 5.69 Å². The average molecular weight is 257 g/mol. The van der Waals surface area contributed by atoms with E-state index in [1.807, 2.05) is 6.07 Å². The summed E-state index contributed by atoms with van der Waals surface area (Å²) in [6.07, 6.45) is 1.76. The molecule has 18 heavy (non-hydrogen) atoms. The normalized spacial score (nSPS) is 10.3. The molecule has 1 heterocycles. The highest BCUT2D eigenvalue weighted by molar-refractivity contribution is 7.98. The summed E-state index contributed by atoms with van der Waals surface area (Å²) in [7, 11) is 0. The first-order valence-corrected chi connectivity index (χ1v) is 6.79. The fourth-order valence-corrected chi connectivity index (χ4v) is 2.45. The van der Waals surface area contributed by atoms with Crippen LogP contribution < -0.4 is 0 Å². The Balaban J connectivity index is 2.00. The monoisotopic (exact) mass is 257 g/mol. The number of aryl methyl sites for hydroxylation is 1. The summed E-state index contributed by atoms with van der Waals surface area (Å²) in [5.74, 6) is 0.924. The molecule has 1 aromatic carbocycles. The predicted octanol–water partition coefficient (Wildman–Crippen LogP) is 3.88. The number of carbonyl (C=O) groups is 1. The van der Waals surface area contributed by atoms with E-state index in [0.29, 0.717) is 5.69 Å². The Kier molecular flexibility index (Phi) is 4.15. The van der Waals surface area contributed by atoms with Crippen LogP contribution in [-0.4, -0.2) is 10.8 Å². The number of rotatable bonds is 4. The number of pyridine rings is 1. The summed E-state index contributed by atoms with van der Waals surface area (Å²) in [6.45, 7) is 3.62. The summed E-state index contributed by atoms with van der Waals surface area (Å²) in [6, 6.07) is 12.2. The minimum Gasteiger partial charge on any atom is -0.293 e. The Hall–Kier alpha value is -1.61. The van der Waals surface area contributed by atoms with Crippen LogP contribution in [0.4, 0.5) is 0 Å². The topological polar surface area (TPSA) is 30.0 Å². The molecule has 0 atom stereocenters. The molecule has 0 fully saturated rings. The zero-order chi connectivity index (χ0) is 13.0. The summed E-state index contributed by atoms with van der Waals surface area (Å²) in [4.78, 5) is 16.3. The molecule has 2 rings (SSSR count). The van der Waals surface area contributed by atoms with Crippen LogP contribution in [-0.2, 0) is 5.75 Å². The van der Waals surface area contributed by atoms with Gasteiger partial charge in [0.05, 0.1) is 0 Å². The number of hydrogen-bond acceptors (Lipinski definition) is 3. The highest BCUT2D eigenvalue weighted by Crippen LogP contribution is 2.22. The van der Waals surface area contributed by atoms with Crippen LogP contribution in [0, 0.1) is 6.92 Å². The van der Waals surface area contributed by atoms with E-state index in [4.69, 9.17) is 0 Å². The van der Waals surface area contributed by atoms with Gasteiger partial charge in [0.25, 0.3) is 0 Å². The number of carbonyl (C=O) groups excluding carboxylic acids is 1. The van der Waals surface area contributed by atoms with Crippen molar-refractivity contribution in [1.82, 2.24) is 4.98 Å². The van der Waals surface area contributed by atoms with Crippen LogP contribution in [0.5, 0.6) is 0 Å². The molecule has 0 aliphatic heterocycles. The summed E-state index contributed by atoms with van der Waals surface area (Å²) >= 11 is 1.73. The molecule has 0 saturated heterocycles. The van der Waals surface area contributed by atoms with Gasteiger partial charge in [0, 0.05) is 23.8 Å². The van der Waals surface area contributed by atoms with Crippen molar-refractivity contribution in [3.63, 3.8) is 0 Å². The van der Waals surface area contributed by atoms with Gasteiger partial charge in [-0.05, 0) is 24.6 Å². The van der Waals surface area contributed by atoms with Crippen molar-refractivity contribution in [3.05, 3.63) is 59.4 Å². The SMILES string of the molecule is CC(=O)c1ccc(SCc2cccc(C)c2)cn1. The van der Waals surface area contributed by atoms with E-state index in [-0.39, 0.29) is 5.78 Å². The standard InChI is InChI=1S/C15H15NOS/c1-11-4-3-5-13(8-11)10-18-14-6-7-15(12(2)17)16-9-14/h3-9H,10H2,1-2H3. The highest BCUT2D eigenvalue weighted by Gasteiger charge is 2.01. The van der Waals surface area contributed by atoms with Gasteiger partial charge in [-0.15, -0.1) is 11.8 Å². The molecule has 0 N–H and O–H groups in total. The van der Waals surface area contributed by atoms with E-state index < -0.39 is 0 Å². The van der Waals surface area contributed by atoms with E-state index in [2.05, 4.69) is 36.2 Å². The highest BCUT2D eigenvalue weighted by atomic mass is 32.2. The molecule has 3 heteroatoms. The van der Waals surface area contributed by atoms with Crippen molar-refractivity contribution in [2.24, 2.45) is 0 Å². The summed E-state index contributed by atoms with van der Waals surface area (Å²) in [5.41, 5.74) is 3.10. The van der Waals surface area contributed by atoms with Gasteiger partial charge in [0.15, 0.2) is 5.78 Å². The van der Waals surface area contributed by atoms with E-state index in [0.717, 1.165) is 10.6 Å². The number of aromatic nitrogens is 1. The van der Waals surface area contributed by atoms with Crippen molar-refractivity contribution < 1.29 is 4.79 Å². The second kappa shape index (κ2) is 5.83. The third-order valence-electron chi connectivity index (χ3n) is 2.59. The maximum atomic E-state index is 11.1. The van der Waals surface area contributed by atoms with Crippen LogP contribution in [0.15, 0.2) is 47.5 Å². The maximum absolute atomic E-state index is 11.1. The number of hydrogen-bond donors (Lipinski definition) is 0. The van der Waals surface area contributed by atoms with Crippen molar-refractivity contribution in [2.75, 3.05) is 0 Å². The fourth-order valence-electron chi connectivity index (χ4n) is 1.64. The van der Waals surface area contributed by atoms with E-state index in [9.17, 15) is 4.79 Å². The molecule has 0 aliphatic carbocycles. The lowest BCUT2D eigenvalue weighted by Crippen LogP contribution is -1.95. The Morgan fingerprint density at radius 2 is 2.11 bits per heavy atom. The number of nitrogens with zero attached hydrogens (tertiary/aromatic N) is 1. The lowest BCUT2D eigenvalue weighted by molar-refractivity contribution is 0.101. The molecule has 92 valence electrons. The lowest BCUT2D eigenvalue weighted by Gasteiger charge is -2.03. The molecule has 0 spiro atoms. The van der Waals surface area contributed by atoms with Crippen LogP contribution in [0.1, 0.15) is 28.5 Å². The molecular weight excluding hydrogens is 242 g/mol. The quantitative estimate of drug-likeness (QED) is 0.615. The van der Waals surface area contributed by atoms with Crippen molar-refractivity contribution in [2.45, 2.75) is 24.5 Å². The molecule has 0 aliphatic rings. The Morgan fingerprint density at radius 1 is 1.28 bits per heavy atom. The molecule has 2 nitrogen and oxygen atoms in total. The second-order valence-electron chi connectivity index (χ2n) is 4.21. The minimum absolute atomic E-state index is 0.00485. The summed E-state index contributed by atoms with van der Waals surface area (Å²) < 4.78 is 0. The molecule has 1 aromatic heterocycles. The first-order valence-electron chi connectivity index (χ1n) is 5.80. The van der Waals surface area contributed by atoms with Crippen molar-refractivity contribution in [3.8, 4) is 0 Å². The van der Waals surface area contributed by atoms with Crippen LogP contribution in [0.3, 0.4) is 0 Å². The Bertz CT molecular complexity index is 549. The number of benzene rings is 1. The smallest absolute Gasteiger partial charge is 0.178 e. The van der Waals surface area contributed by atoms with E-state index in [1.165, 1.54) is 18.1 Å².